The standard InChI is InChI=1S/C18H25ClN2O3/c1-12-5-6-14(15(19)11-12)16(22)20-13-7-9-21(10-8-13)17(23)24-18(2,3)4/h5-6,11,13H,7-10H2,1-4H3,(H,20,22). The number of carbonyl (C=O) groups excluding carboxylic acids is 2. The lowest BCUT2D eigenvalue weighted by Crippen LogP contribution is -2.47. The fourth-order valence-electron chi connectivity index (χ4n) is 2.60. The minimum Gasteiger partial charge on any atom is -0.444 e. The van der Waals surface area contributed by atoms with Gasteiger partial charge >= 0.3 is 6.09 Å². The van der Waals surface area contributed by atoms with Gasteiger partial charge < -0.3 is 15.0 Å². The van der Waals surface area contributed by atoms with E-state index in [1.54, 1.807) is 17.0 Å². The van der Waals surface area contributed by atoms with Crippen molar-refractivity contribution in [3.8, 4) is 0 Å². The van der Waals surface area contributed by atoms with E-state index in [0.717, 1.165) is 5.56 Å². The second-order valence-corrected chi connectivity index (χ2v) is 7.61. The summed E-state index contributed by atoms with van der Waals surface area (Å²) in [5.41, 5.74) is 1.00. The number of amides is 2. The van der Waals surface area contributed by atoms with E-state index >= 15 is 0 Å². The van der Waals surface area contributed by atoms with Crippen LogP contribution < -0.4 is 5.32 Å². The van der Waals surface area contributed by atoms with E-state index < -0.39 is 5.60 Å². The van der Waals surface area contributed by atoms with Crippen molar-refractivity contribution in [2.75, 3.05) is 13.1 Å². The second-order valence-electron chi connectivity index (χ2n) is 7.20. The summed E-state index contributed by atoms with van der Waals surface area (Å²) in [6, 6.07) is 5.42. The van der Waals surface area contributed by atoms with Gasteiger partial charge in [-0.25, -0.2) is 4.79 Å². The quantitative estimate of drug-likeness (QED) is 0.881. The summed E-state index contributed by atoms with van der Waals surface area (Å²) in [6.45, 7) is 8.62. The minimum absolute atomic E-state index is 0.0357. The number of benzene rings is 1. The van der Waals surface area contributed by atoms with Crippen molar-refractivity contribution in [1.29, 1.82) is 0 Å². The number of nitrogens with zero attached hydrogens (tertiary/aromatic N) is 1. The summed E-state index contributed by atoms with van der Waals surface area (Å²) in [7, 11) is 0. The zero-order chi connectivity index (χ0) is 17.9. The molecule has 0 aromatic heterocycles. The van der Waals surface area contributed by atoms with Gasteiger partial charge in [0, 0.05) is 19.1 Å². The smallest absolute Gasteiger partial charge is 0.410 e. The van der Waals surface area contributed by atoms with Gasteiger partial charge in [0.1, 0.15) is 5.60 Å². The Morgan fingerprint density at radius 3 is 2.42 bits per heavy atom. The molecule has 0 unspecified atom stereocenters. The molecule has 1 aromatic carbocycles. The molecule has 24 heavy (non-hydrogen) atoms. The first kappa shape index (κ1) is 18.6. The maximum Gasteiger partial charge on any atom is 0.410 e. The van der Waals surface area contributed by atoms with Crippen molar-refractivity contribution in [1.82, 2.24) is 10.2 Å². The van der Waals surface area contributed by atoms with Crippen molar-refractivity contribution >= 4 is 23.6 Å². The second kappa shape index (κ2) is 7.43. The number of carbonyl (C=O) groups is 2. The van der Waals surface area contributed by atoms with Crippen LogP contribution in [0.3, 0.4) is 0 Å². The number of ether oxygens (including phenoxy) is 1. The molecule has 5 nitrogen and oxygen atoms in total. The highest BCUT2D eigenvalue weighted by Gasteiger charge is 2.27. The highest BCUT2D eigenvalue weighted by atomic mass is 35.5. The number of halogens is 1. The molecular weight excluding hydrogens is 328 g/mol. The normalized spacial score (nSPS) is 16.0. The minimum atomic E-state index is -0.496. The molecule has 1 aliphatic rings. The average Bonchev–Trinajstić information content (AvgIpc) is 2.45. The lowest BCUT2D eigenvalue weighted by molar-refractivity contribution is 0.0199. The fraction of sp³-hybridized carbons (Fsp3) is 0.556. The van der Waals surface area contributed by atoms with E-state index in [1.807, 2.05) is 33.8 Å². The van der Waals surface area contributed by atoms with Gasteiger partial charge in [-0.15, -0.1) is 0 Å². The van der Waals surface area contributed by atoms with Crippen molar-refractivity contribution in [2.45, 2.75) is 52.2 Å². The van der Waals surface area contributed by atoms with E-state index in [0.29, 0.717) is 36.5 Å². The Labute approximate surface area is 148 Å². The maximum absolute atomic E-state index is 12.3. The highest BCUT2D eigenvalue weighted by Crippen LogP contribution is 2.19. The summed E-state index contributed by atoms with van der Waals surface area (Å²) in [5, 5.41) is 3.46. The zero-order valence-corrected chi connectivity index (χ0v) is 15.4. The summed E-state index contributed by atoms with van der Waals surface area (Å²) in [5.74, 6) is -0.171. The van der Waals surface area contributed by atoms with Crippen LogP contribution in [0.1, 0.15) is 49.5 Å². The molecule has 2 amide bonds. The fourth-order valence-corrected chi connectivity index (χ4v) is 2.92. The molecule has 1 aromatic rings. The van der Waals surface area contributed by atoms with Gasteiger partial charge in [-0.3, -0.25) is 4.79 Å². The number of hydrogen-bond donors (Lipinski definition) is 1. The van der Waals surface area contributed by atoms with Crippen LogP contribution >= 0.6 is 11.6 Å². The van der Waals surface area contributed by atoms with Gasteiger partial charge in [0.25, 0.3) is 5.91 Å². The molecule has 132 valence electrons. The molecule has 1 saturated heterocycles. The predicted molar refractivity (Wildman–Crippen MR) is 94.5 cm³/mol. The first-order valence-electron chi connectivity index (χ1n) is 8.20. The summed E-state index contributed by atoms with van der Waals surface area (Å²) >= 11 is 6.14. The Kier molecular flexibility index (Phi) is 5.75. The Balaban J connectivity index is 1.86. The summed E-state index contributed by atoms with van der Waals surface area (Å²) < 4.78 is 5.37. The molecule has 2 rings (SSSR count). The van der Waals surface area contributed by atoms with Crippen LogP contribution in [0.15, 0.2) is 18.2 Å². The summed E-state index contributed by atoms with van der Waals surface area (Å²) in [6.07, 6.45) is 1.11. The SMILES string of the molecule is Cc1ccc(C(=O)NC2CCN(C(=O)OC(C)(C)C)CC2)c(Cl)c1. The Morgan fingerprint density at radius 1 is 1.25 bits per heavy atom. The molecule has 0 aliphatic carbocycles. The monoisotopic (exact) mass is 352 g/mol. The van der Waals surface area contributed by atoms with Crippen molar-refractivity contribution in [3.05, 3.63) is 34.3 Å². The van der Waals surface area contributed by atoms with Crippen molar-refractivity contribution in [3.63, 3.8) is 0 Å². The van der Waals surface area contributed by atoms with Gasteiger partial charge in [0.05, 0.1) is 10.6 Å². The molecule has 0 atom stereocenters. The molecule has 1 fully saturated rings. The van der Waals surface area contributed by atoms with E-state index in [9.17, 15) is 9.59 Å². The van der Waals surface area contributed by atoms with Crippen LogP contribution in [0.5, 0.6) is 0 Å². The van der Waals surface area contributed by atoms with Gasteiger partial charge in [-0.2, -0.15) is 0 Å². The first-order chi connectivity index (χ1) is 11.2. The van der Waals surface area contributed by atoms with Crippen LogP contribution in [0.2, 0.25) is 5.02 Å². The average molecular weight is 353 g/mol. The van der Waals surface area contributed by atoms with Crippen LogP contribution in [-0.2, 0) is 4.74 Å². The number of hydrogen-bond acceptors (Lipinski definition) is 3. The largest absolute Gasteiger partial charge is 0.444 e. The van der Waals surface area contributed by atoms with E-state index in [4.69, 9.17) is 16.3 Å². The number of rotatable bonds is 2. The zero-order valence-electron chi connectivity index (χ0n) is 14.7. The topological polar surface area (TPSA) is 58.6 Å². The van der Waals surface area contributed by atoms with Gasteiger partial charge in [-0.1, -0.05) is 17.7 Å². The van der Waals surface area contributed by atoms with Crippen LogP contribution in [0.4, 0.5) is 4.79 Å². The number of piperidine rings is 1. The van der Waals surface area contributed by atoms with E-state index in [2.05, 4.69) is 5.32 Å². The summed E-state index contributed by atoms with van der Waals surface area (Å²) in [4.78, 5) is 26.1. The molecule has 0 radical (unpaired) electrons. The lowest BCUT2D eigenvalue weighted by atomic mass is 10.0. The number of aryl methyl sites for hydroxylation is 1. The third-order valence-electron chi connectivity index (χ3n) is 3.85. The van der Waals surface area contributed by atoms with E-state index in [-0.39, 0.29) is 18.0 Å². The number of likely N-dealkylation sites (tertiary alicyclic amines) is 1. The Hall–Kier alpha value is -1.75. The first-order valence-corrected chi connectivity index (χ1v) is 8.58. The molecule has 1 N–H and O–H groups in total. The predicted octanol–water partition coefficient (Wildman–Crippen LogP) is 3.78. The molecule has 0 spiro atoms. The third kappa shape index (κ3) is 5.13. The van der Waals surface area contributed by atoms with Gasteiger partial charge in [0.15, 0.2) is 0 Å². The molecule has 1 aliphatic heterocycles. The molecule has 0 bridgehead atoms. The van der Waals surface area contributed by atoms with Crippen LogP contribution in [-0.4, -0.2) is 41.6 Å². The molecular formula is C18H25ClN2O3. The van der Waals surface area contributed by atoms with Crippen LogP contribution in [0, 0.1) is 6.92 Å². The van der Waals surface area contributed by atoms with Gasteiger partial charge in [0.2, 0.25) is 0 Å². The highest BCUT2D eigenvalue weighted by molar-refractivity contribution is 6.33. The Morgan fingerprint density at radius 2 is 1.88 bits per heavy atom. The molecule has 0 saturated carbocycles. The van der Waals surface area contributed by atoms with E-state index in [1.165, 1.54) is 0 Å². The van der Waals surface area contributed by atoms with Gasteiger partial charge in [-0.05, 0) is 58.2 Å². The van der Waals surface area contributed by atoms with Crippen molar-refractivity contribution in [2.24, 2.45) is 0 Å². The Bertz CT molecular complexity index is 617. The molecule has 6 heteroatoms. The number of nitrogens with one attached hydrogen (secondary N) is 1. The maximum atomic E-state index is 12.3. The van der Waals surface area contributed by atoms with Crippen LogP contribution in [0.25, 0.3) is 0 Å². The third-order valence-corrected chi connectivity index (χ3v) is 4.16. The van der Waals surface area contributed by atoms with Crippen molar-refractivity contribution < 1.29 is 14.3 Å². The lowest BCUT2D eigenvalue weighted by Gasteiger charge is -2.33. The molecule has 1 heterocycles.